The van der Waals surface area contributed by atoms with Gasteiger partial charge in [0.1, 0.15) is 0 Å². The minimum Gasteiger partial charge on any atom is -0.290 e. The molecule has 0 bridgehead atoms. The molecule has 2 rings (SSSR count). The van der Waals surface area contributed by atoms with Gasteiger partial charge in [0.25, 0.3) is 12.3 Å². The van der Waals surface area contributed by atoms with E-state index in [0.717, 1.165) is 11.3 Å². The van der Waals surface area contributed by atoms with Crippen molar-refractivity contribution >= 4 is 38.4 Å². The molecule has 9 heteroatoms. The first-order valence-corrected chi connectivity index (χ1v) is 8.13. The van der Waals surface area contributed by atoms with E-state index in [2.05, 4.69) is 0 Å². The zero-order valence-electron chi connectivity index (χ0n) is 11.0. The normalized spacial score (nSPS) is 19.0. The van der Waals surface area contributed by atoms with Gasteiger partial charge in [-0.3, -0.25) is 15.0 Å². The van der Waals surface area contributed by atoms with Crippen molar-refractivity contribution in [1.29, 1.82) is 0 Å². The Morgan fingerprint density at radius 3 is 2.59 bits per heavy atom. The third-order valence-electron chi connectivity index (χ3n) is 2.77. The third-order valence-corrected chi connectivity index (χ3v) is 5.77. The van der Waals surface area contributed by atoms with Crippen LogP contribution < -0.4 is 11.3 Å². The van der Waals surface area contributed by atoms with Crippen molar-refractivity contribution in [2.75, 3.05) is 0 Å². The molecular weight excluding hydrogens is 337 g/mol. The predicted molar refractivity (Wildman–Crippen MR) is 81.7 cm³/mol. The number of ketones is 1. The molecule has 118 valence electrons. The number of nitrogens with two attached hydrogens (primary N) is 1. The molecule has 2 heterocycles. The molecule has 3 N–H and O–H groups in total. The molecule has 2 unspecified atom stereocenters. The van der Waals surface area contributed by atoms with E-state index in [4.69, 9.17) is 5.84 Å². The molecule has 4 nitrogen and oxygen atoms in total. The van der Waals surface area contributed by atoms with Gasteiger partial charge in [0.15, 0.2) is 6.17 Å². The SMILES string of the molecule is NNC(=O)C1=CC=CS1=C(C(F)F)C(F)C(=O)c1cccs1. The number of Topliss-reactive ketones (excluding diaryl/α,β-unsaturated/α-hetero) is 1. The van der Waals surface area contributed by atoms with Crippen LogP contribution in [-0.4, -0.2) is 29.2 Å². The average molecular weight is 348 g/mol. The van der Waals surface area contributed by atoms with Crippen molar-refractivity contribution < 1.29 is 22.8 Å². The molecule has 2 atom stereocenters. The summed E-state index contributed by atoms with van der Waals surface area (Å²) in [6.07, 6.45) is -3.04. The van der Waals surface area contributed by atoms with E-state index >= 15 is 0 Å². The minimum absolute atomic E-state index is 0.0474. The van der Waals surface area contributed by atoms with Gasteiger partial charge in [-0.05, 0) is 22.9 Å². The van der Waals surface area contributed by atoms with Gasteiger partial charge in [0, 0.05) is 0 Å². The highest BCUT2D eigenvalue weighted by molar-refractivity contribution is 8.22. The molecule has 0 saturated carbocycles. The maximum absolute atomic E-state index is 14.4. The van der Waals surface area contributed by atoms with Gasteiger partial charge in [-0.2, -0.15) is 0 Å². The van der Waals surface area contributed by atoms with Crippen LogP contribution in [0.15, 0.2) is 40.0 Å². The van der Waals surface area contributed by atoms with E-state index in [1.165, 1.54) is 29.7 Å². The number of allylic oxidation sites excluding steroid dienone is 2. The van der Waals surface area contributed by atoms with E-state index in [1.54, 1.807) is 5.38 Å². The number of halogens is 3. The number of hydrogen-bond donors (Lipinski definition) is 2. The van der Waals surface area contributed by atoms with Crippen LogP contribution in [0, 0.1) is 0 Å². The molecule has 0 aromatic carbocycles. The fourth-order valence-corrected chi connectivity index (χ4v) is 4.27. The van der Waals surface area contributed by atoms with Crippen molar-refractivity contribution in [3.63, 3.8) is 0 Å². The van der Waals surface area contributed by atoms with E-state index < -0.39 is 39.6 Å². The maximum Gasteiger partial charge on any atom is 0.271 e. The Morgan fingerprint density at radius 1 is 1.32 bits per heavy atom. The van der Waals surface area contributed by atoms with Crippen molar-refractivity contribution in [3.8, 4) is 0 Å². The number of hydrazine groups is 1. The zero-order valence-corrected chi connectivity index (χ0v) is 12.6. The van der Waals surface area contributed by atoms with Crippen molar-refractivity contribution in [3.05, 3.63) is 44.9 Å². The fraction of sp³-hybridized carbons (Fsp3) is 0.154. The van der Waals surface area contributed by atoms with Crippen LogP contribution in [0.3, 0.4) is 0 Å². The third kappa shape index (κ3) is 3.21. The van der Waals surface area contributed by atoms with Crippen LogP contribution in [0.1, 0.15) is 9.67 Å². The molecular formula is C13H11F3N2O2S2. The van der Waals surface area contributed by atoms with E-state index in [9.17, 15) is 22.8 Å². The molecule has 1 amide bonds. The Balaban J connectivity index is 2.44. The first kappa shape index (κ1) is 16.7. The number of carbonyl (C=O) groups excluding carboxylic acids is 2. The number of amides is 1. The van der Waals surface area contributed by atoms with Gasteiger partial charge < -0.3 is 0 Å². The van der Waals surface area contributed by atoms with Gasteiger partial charge in [-0.25, -0.2) is 19.0 Å². The summed E-state index contributed by atoms with van der Waals surface area (Å²) in [6, 6.07) is 2.89. The van der Waals surface area contributed by atoms with Crippen LogP contribution in [0.25, 0.3) is 0 Å². The first-order chi connectivity index (χ1) is 10.5. The summed E-state index contributed by atoms with van der Waals surface area (Å²) < 4.78 is 41.0. The van der Waals surface area contributed by atoms with Gasteiger partial charge in [0.05, 0.1) is 14.6 Å². The predicted octanol–water partition coefficient (Wildman–Crippen LogP) is 2.38. The molecule has 1 aliphatic rings. The van der Waals surface area contributed by atoms with Crippen LogP contribution in [0.2, 0.25) is 0 Å². The van der Waals surface area contributed by atoms with Gasteiger partial charge >= 0.3 is 0 Å². The number of hydrogen-bond acceptors (Lipinski definition) is 4. The highest BCUT2D eigenvalue weighted by Gasteiger charge is 2.34. The molecule has 0 fully saturated rings. The molecule has 1 aromatic heterocycles. The molecule has 22 heavy (non-hydrogen) atoms. The summed E-state index contributed by atoms with van der Waals surface area (Å²) in [4.78, 5) is 22.6. The van der Waals surface area contributed by atoms with E-state index in [0.29, 0.717) is 0 Å². The Kier molecular flexibility index (Phi) is 5.33. The summed E-state index contributed by atoms with van der Waals surface area (Å²) in [7, 11) is -1.61. The lowest BCUT2D eigenvalue weighted by molar-refractivity contribution is -0.116. The van der Waals surface area contributed by atoms with Gasteiger partial charge in [0.2, 0.25) is 5.78 Å². The summed E-state index contributed by atoms with van der Waals surface area (Å²) in [5, 5.41) is 2.81. The van der Waals surface area contributed by atoms with Gasteiger partial charge in [-0.15, -0.1) is 21.8 Å². The van der Waals surface area contributed by atoms with Crippen LogP contribution >= 0.6 is 21.8 Å². The first-order valence-electron chi connectivity index (χ1n) is 5.96. The summed E-state index contributed by atoms with van der Waals surface area (Å²) in [6.45, 7) is 0. The maximum atomic E-state index is 14.4. The smallest absolute Gasteiger partial charge is 0.271 e. The van der Waals surface area contributed by atoms with E-state index in [-0.39, 0.29) is 9.78 Å². The second-order valence-electron chi connectivity index (χ2n) is 4.08. The summed E-state index contributed by atoms with van der Waals surface area (Å²) >= 11 is 0.966. The second-order valence-corrected chi connectivity index (χ2v) is 6.88. The fourth-order valence-electron chi connectivity index (χ4n) is 1.80. The van der Waals surface area contributed by atoms with Crippen LogP contribution in [0.5, 0.6) is 0 Å². The topological polar surface area (TPSA) is 72.2 Å². The summed E-state index contributed by atoms with van der Waals surface area (Å²) in [5.41, 5.74) is 1.82. The molecule has 1 aromatic rings. The average Bonchev–Trinajstić information content (AvgIpc) is 3.16. The quantitative estimate of drug-likeness (QED) is 0.282. The number of rotatable bonds is 5. The highest BCUT2D eigenvalue weighted by Crippen LogP contribution is 2.37. The van der Waals surface area contributed by atoms with Crippen molar-refractivity contribution in [2.45, 2.75) is 12.6 Å². The zero-order chi connectivity index (χ0) is 16.3. The highest BCUT2D eigenvalue weighted by atomic mass is 32.2. The number of nitrogens with one attached hydrogen (secondary N) is 1. The van der Waals surface area contributed by atoms with Crippen molar-refractivity contribution in [2.24, 2.45) is 5.84 Å². The lowest BCUT2D eigenvalue weighted by Gasteiger charge is -2.16. The monoisotopic (exact) mass is 348 g/mol. The van der Waals surface area contributed by atoms with E-state index in [1.807, 2.05) is 5.43 Å². The largest absolute Gasteiger partial charge is 0.290 e. The molecule has 0 saturated heterocycles. The molecule has 0 aliphatic carbocycles. The number of thiophene rings is 1. The Morgan fingerprint density at radius 2 is 2.05 bits per heavy atom. The Bertz CT molecular complexity index is 681. The number of carbonyl (C=O) groups is 2. The Labute approximate surface area is 130 Å². The second kappa shape index (κ2) is 7.03. The van der Waals surface area contributed by atoms with Crippen LogP contribution in [0.4, 0.5) is 13.2 Å². The lowest BCUT2D eigenvalue weighted by atomic mass is 10.1. The minimum atomic E-state index is -3.18. The molecule has 1 aliphatic heterocycles. The van der Waals surface area contributed by atoms with Crippen LogP contribution in [-0.2, 0) is 4.79 Å². The standard InChI is InChI=1S/C13H11F3N2O2S2/c14-9(10(19)7-3-1-5-21-7)11(12(15)16)22-6-2-4-8(22)13(20)18-17/h1-6,9,12H,17H2,(H,18,20). The van der Waals surface area contributed by atoms with Gasteiger partial charge in [-0.1, -0.05) is 12.1 Å². The summed E-state index contributed by atoms with van der Waals surface area (Å²) in [5.74, 6) is 3.16. The van der Waals surface area contributed by atoms with Crippen molar-refractivity contribution in [1.82, 2.24) is 5.43 Å². The Hall–Kier alpha value is -1.71. The molecule has 0 spiro atoms. The number of alkyl halides is 3. The molecule has 0 radical (unpaired) electrons. The lowest BCUT2D eigenvalue weighted by Crippen LogP contribution is -2.34.